The highest BCUT2D eigenvalue weighted by molar-refractivity contribution is 6.30. The van der Waals surface area contributed by atoms with Crippen LogP contribution in [0.2, 0.25) is 5.02 Å². The molecule has 2 unspecified atom stereocenters. The van der Waals surface area contributed by atoms with Gasteiger partial charge in [0.25, 0.3) is 0 Å². The average Bonchev–Trinajstić information content (AvgIpc) is 2.92. The van der Waals surface area contributed by atoms with Crippen molar-refractivity contribution in [3.8, 4) is 0 Å². The number of nitrogens with two attached hydrogens (primary N) is 1. The van der Waals surface area contributed by atoms with Gasteiger partial charge in [-0.1, -0.05) is 37.6 Å². The first-order valence-corrected chi connectivity index (χ1v) is 8.22. The van der Waals surface area contributed by atoms with E-state index in [0.29, 0.717) is 5.02 Å². The molecule has 0 bridgehead atoms. The third-order valence-electron chi connectivity index (χ3n) is 4.81. The summed E-state index contributed by atoms with van der Waals surface area (Å²) in [6.07, 6.45) is 4.36. The van der Waals surface area contributed by atoms with Crippen LogP contribution in [0.4, 0.5) is 0 Å². The number of amides is 1. The number of carbonyl (C=O) groups is 1. The summed E-state index contributed by atoms with van der Waals surface area (Å²) in [5.41, 5.74) is 6.73. The fraction of sp³-hybridized carbons (Fsp3) is 0.588. The molecule has 1 aliphatic carbocycles. The molecule has 0 saturated heterocycles. The van der Waals surface area contributed by atoms with E-state index in [-0.39, 0.29) is 35.8 Å². The van der Waals surface area contributed by atoms with Crippen molar-refractivity contribution in [3.05, 3.63) is 34.9 Å². The Hall–Kier alpha value is -0.770. The number of hydrogen-bond acceptors (Lipinski definition) is 2. The van der Waals surface area contributed by atoms with Crippen LogP contribution in [0.3, 0.4) is 0 Å². The molecule has 2 atom stereocenters. The van der Waals surface area contributed by atoms with Crippen LogP contribution in [-0.4, -0.2) is 11.9 Å². The Morgan fingerprint density at radius 3 is 2.32 bits per heavy atom. The summed E-state index contributed by atoms with van der Waals surface area (Å²) in [7, 11) is 0. The molecule has 0 aromatic heterocycles. The molecule has 0 spiro atoms. The summed E-state index contributed by atoms with van der Waals surface area (Å²) in [5.74, 6) is 0.200. The van der Waals surface area contributed by atoms with Crippen LogP contribution in [0.15, 0.2) is 24.3 Å². The van der Waals surface area contributed by atoms with E-state index < -0.39 is 0 Å². The second kappa shape index (κ2) is 8.19. The number of hydrogen-bond donors (Lipinski definition) is 2. The van der Waals surface area contributed by atoms with Crippen LogP contribution in [-0.2, 0) is 10.3 Å². The van der Waals surface area contributed by atoms with E-state index in [1.165, 1.54) is 0 Å². The highest BCUT2D eigenvalue weighted by Gasteiger charge is 2.35. The Morgan fingerprint density at radius 2 is 1.86 bits per heavy atom. The lowest BCUT2D eigenvalue weighted by atomic mass is 9.84. The summed E-state index contributed by atoms with van der Waals surface area (Å²) < 4.78 is 0. The SMILES string of the molecule is CCC(CC)(NC(=O)C1CCC(N)C1)c1ccc(Cl)cc1.Cl. The van der Waals surface area contributed by atoms with Crippen molar-refractivity contribution in [2.24, 2.45) is 11.7 Å². The third kappa shape index (κ3) is 4.15. The zero-order valence-electron chi connectivity index (χ0n) is 13.3. The van der Waals surface area contributed by atoms with Crippen molar-refractivity contribution in [3.63, 3.8) is 0 Å². The summed E-state index contributed by atoms with van der Waals surface area (Å²) in [6, 6.07) is 7.96. The molecule has 0 aliphatic heterocycles. The molecule has 1 amide bonds. The Kier molecular flexibility index (Phi) is 7.17. The topological polar surface area (TPSA) is 55.1 Å². The second-order valence-corrected chi connectivity index (χ2v) is 6.49. The third-order valence-corrected chi connectivity index (χ3v) is 5.06. The van der Waals surface area contributed by atoms with Crippen LogP contribution in [0, 0.1) is 5.92 Å². The predicted molar refractivity (Wildman–Crippen MR) is 94.4 cm³/mol. The van der Waals surface area contributed by atoms with Crippen molar-refractivity contribution >= 4 is 29.9 Å². The van der Waals surface area contributed by atoms with Crippen molar-refractivity contribution in [1.29, 1.82) is 0 Å². The zero-order chi connectivity index (χ0) is 15.5. The standard InChI is InChI=1S/C17H25ClN2O.ClH/c1-3-17(4-2,13-6-8-14(18)9-7-13)20-16(21)12-5-10-15(19)11-12;/h6-9,12,15H,3-5,10-11,19H2,1-2H3,(H,20,21);1H. The molecule has 0 radical (unpaired) electrons. The van der Waals surface area contributed by atoms with E-state index in [1.807, 2.05) is 24.3 Å². The van der Waals surface area contributed by atoms with Crippen molar-refractivity contribution in [2.45, 2.75) is 57.5 Å². The lowest BCUT2D eigenvalue weighted by Gasteiger charge is -2.34. The Bertz CT molecular complexity index is 486. The molecule has 124 valence electrons. The van der Waals surface area contributed by atoms with Crippen LogP contribution < -0.4 is 11.1 Å². The zero-order valence-corrected chi connectivity index (χ0v) is 14.8. The maximum absolute atomic E-state index is 12.6. The molecule has 3 nitrogen and oxygen atoms in total. The second-order valence-electron chi connectivity index (χ2n) is 6.06. The molecular weight excluding hydrogens is 319 g/mol. The molecule has 1 fully saturated rings. The predicted octanol–water partition coefficient (Wildman–Crippen LogP) is 4.02. The van der Waals surface area contributed by atoms with E-state index in [1.54, 1.807) is 0 Å². The molecule has 5 heteroatoms. The first-order valence-electron chi connectivity index (χ1n) is 7.84. The number of halogens is 2. The molecular formula is C17H26Cl2N2O. The number of rotatable bonds is 5. The molecule has 1 saturated carbocycles. The van der Waals surface area contributed by atoms with E-state index >= 15 is 0 Å². The van der Waals surface area contributed by atoms with Gasteiger partial charge in [-0.3, -0.25) is 4.79 Å². The van der Waals surface area contributed by atoms with Gasteiger partial charge < -0.3 is 11.1 Å². The Balaban J connectivity index is 0.00000242. The van der Waals surface area contributed by atoms with E-state index in [2.05, 4.69) is 19.2 Å². The number of carbonyl (C=O) groups excluding carboxylic acids is 1. The minimum absolute atomic E-state index is 0. The minimum atomic E-state index is -0.311. The van der Waals surface area contributed by atoms with Crippen molar-refractivity contribution < 1.29 is 4.79 Å². The van der Waals surface area contributed by atoms with Crippen LogP contribution >= 0.6 is 24.0 Å². The average molecular weight is 345 g/mol. The largest absolute Gasteiger partial charge is 0.346 e. The van der Waals surface area contributed by atoms with Gasteiger partial charge in [0.1, 0.15) is 0 Å². The summed E-state index contributed by atoms with van der Waals surface area (Å²) >= 11 is 5.97. The van der Waals surface area contributed by atoms with Gasteiger partial charge in [-0.05, 0) is 49.8 Å². The highest BCUT2D eigenvalue weighted by atomic mass is 35.5. The Morgan fingerprint density at radius 1 is 1.27 bits per heavy atom. The van der Waals surface area contributed by atoms with Gasteiger partial charge in [0.15, 0.2) is 0 Å². The van der Waals surface area contributed by atoms with Gasteiger partial charge in [-0.15, -0.1) is 12.4 Å². The van der Waals surface area contributed by atoms with Gasteiger partial charge in [-0.2, -0.15) is 0 Å². The molecule has 1 aromatic carbocycles. The van der Waals surface area contributed by atoms with Crippen molar-refractivity contribution in [1.82, 2.24) is 5.32 Å². The quantitative estimate of drug-likeness (QED) is 0.847. The van der Waals surface area contributed by atoms with Crippen LogP contribution in [0.1, 0.15) is 51.5 Å². The lowest BCUT2D eigenvalue weighted by molar-refractivity contribution is -0.127. The monoisotopic (exact) mass is 344 g/mol. The molecule has 1 aromatic rings. The molecule has 2 rings (SSSR count). The van der Waals surface area contributed by atoms with E-state index in [9.17, 15) is 4.79 Å². The van der Waals surface area contributed by atoms with Gasteiger partial charge >= 0.3 is 0 Å². The van der Waals surface area contributed by atoms with Crippen LogP contribution in [0.25, 0.3) is 0 Å². The van der Waals surface area contributed by atoms with E-state index in [4.69, 9.17) is 17.3 Å². The van der Waals surface area contributed by atoms with E-state index in [0.717, 1.165) is 37.7 Å². The normalized spacial score (nSPS) is 21.3. The highest BCUT2D eigenvalue weighted by Crippen LogP contribution is 2.32. The Labute approximate surface area is 144 Å². The van der Waals surface area contributed by atoms with Crippen LogP contribution in [0.5, 0.6) is 0 Å². The molecule has 3 N–H and O–H groups in total. The van der Waals surface area contributed by atoms with Crippen molar-refractivity contribution in [2.75, 3.05) is 0 Å². The lowest BCUT2D eigenvalue weighted by Crippen LogP contribution is -2.47. The fourth-order valence-electron chi connectivity index (χ4n) is 3.27. The molecule has 1 aliphatic rings. The minimum Gasteiger partial charge on any atom is -0.346 e. The van der Waals surface area contributed by atoms with Gasteiger partial charge in [0.05, 0.1) is 5.54 Å². The summed E-state index contributed by atoms with van der Waals surface area (Å²) in [6.45, 7) is 4.22. The smallest absolute Gasteiger partial charge is 0.223 e. The summed E-state index contributed by atoms with van der Waals surface area (Å²) in [4.78, 5) is 12.6. The first-order chi connectivity index (χ1) is 10.0. The van der Waals surface area contributed by atoms with Gasteiger partial charge in [-0.25, -0.2) is 0 Å². The molecule has 22 heavy (non-hydrogen) atoms. The maximum Gasteiger partial charge on any atom is 0.223 e. The summed E-state index contributed by atoms with van der Waals surface area (Å²) in [5, 5.41) is 4.01. The van der Waals surface area contributed by atoms with Gasteiger partial charge in [0.2, 0.25) is 5.91 Å². The number of nitrogens with one attached hydrogen (secondary N) is 1. The fourth-order valence-corrected chi connectivity index (χ4v) is 3.39. The number of benzene rings is 1. The maximum atomic E-state index is 12.6. The molecule has 0 heterocycles. The first kappa shape index (κ1) is 19.3. The van der Waals surface area contributed by atoms with Gasteiger partial charge in [0, 0.05) is 17.0 Å².